The van der Waals surface area contributed by atoms with Gasteiger partial charge in [-0.15, -0.1) is 23.1 Å². The molecule has 2 N–H and O–H groups in total. The summed E-state index contributed by atoms with van der Waals surface area (Å²) in [5.41, 5.74) is 9.09. The van der Waals surface area contributed by atoms with Gasteiger partial charge in [0.15, 0.2) is 0 Å². The summed E-state index contributed by atoms with van der Waals surface area (Å²) in [4.78, 5) is 4.87. The third kappa shape index (κ3) is 3.47. The van der Waals surface area contributed by atoms with Crippen LogP contribution in [0.3, 0.4) is 0 Å². The lowest BCUT2D eigenvalue weighted by molar-refractivity contribution is 0.891. The van der Waals surface area contributed by atoms with Gasteiger partial charge in [-0.05, 0) is 5.56 Å². The molecule has 3 atom stereocenters. The molecule has 1 fully saturated rings. The second kappa shape index (κ2) is 6.73. The molecule has 1 aromatic carbocycles. The minimum absolute atomic E-state index is 0.545. The fourth-order valence-corrected chi connectivity index (χ4v) is 6.33. The molecule has 2 heterocycles. The van der Waals surface area contributed by atoms with Crippen LogP contribution in [0, 0.1) is 0 Å². The highest BCUT2D eigenvalue weighted by Gasteiger charge is 2.28. The molecule has 2 nitrogen and oxygen atoms in total. The number of thiazole rings is 1. The maximum absolute atomic E-state index is 5.65. The number of nitrogens with two attached hydrogens (primary N) is 1. The summed E-state index contributed by atoms with van der Waals surface area (Å²) < 4.78 is 0. The van der Waals surface area contributed by atoms with Crippen molar-refractivity contribution in [2.24, 2.45) is 5.73 Å². The molecule has 1 saturated heterocycles. The summed E-state index contributed by atoms with van der Waals surface area (Å²) in [7, 11) is 0. The van der Waals surface area contributed by atoms with E-state index in [1.807, 2.05) is 0 Å². The lowest BCUT2D eigenvalue weighted by atomic mass is 10.1. The Balaban J connectivity index is 1.76. The number of rotatable bonds is 3. The van der Waals surface area contributed by atoms with Crippen molar-refractivity contribution in [2.75, 3.05) is 5.75 Å². The van der Waals surface area contributed by atoms with Crippen LogP contribution in [0.2, 0.25) is 0 Å². The van der Waals surface area contributed by atoms with Crippen LogP contribution in [0.1, 0.15) is 29.7 Å². The Hall–Kier alpha value is -0.490. The Morgan fingerprint density at radius 3 is 2.62 bits per heavy atom. The van der Waals surface area contributed by atoms with E-state index in [0.717, 1.165) is 16.5 Å². The monoisotopic (exact) mass is 336 g/mol. The highest BCUT2D eigenvalue weighted by molar-refractivity contribution is 8.07. The second-order valence-corrected chi connectivity index (χ2v) is 9.23. The summed E-state index contributed by atoms with van der Waals surface area (Å²) in [5.74, 6) is 1.18. The molecule has 0 bridgehead atoms. The van der Waals surface area contributed by atoms with E-state index >= 15 is 0 Å². The van der Waals surface area contributed by atoms with Crippen LogP contribution in [0.15, 0.2) is 29.6 Å². The first kappa shape index (κ1) is 15.4. The zero-order valence-corrected chi connectivity index (χ0v) is 14.7. The summed E-state index contributed by atoms with van der Waals surface area (Å²) in [6.07, 6.45) is 0. The molecule has 1 aliphatic rings. The third-order valence-electron chi connectivity index (χ3n) is 3.83. The van der Waals surface area contributed by atoms with Gasteiger partial charge in [-0.3, -0.25) is 0 Å². The summed E-state index contributed by atoms with van der Waals surface area (Å²) in [5, 5.41) is 5.44. The molecule has 112 valence electrons. The number of hydrogen-bond donors (Lipinski definition) is 1. The lowest BCUT2D eigenvalue weighted by Crippen LogP contribution is -2.21. The molecule has 2 aromatic rings. The molecule has 0 aliphatic carbocycles. The van der Waals surface area contributed by atoms with Crippen LogP contribution >= 0.6 is 34.9 Å². The molecule has 0 amide bonds. The van der Waals surface area contributed by atoms with Crippen molar-refractivity contribution in [1.29, 1.82) is 0 Å². The molecular weight excluding hydrogens is 316 g/mol. The smallest absolute Gasteiger partial charge is 0.107 e. The lowest BCUT2D eigenvalue weighted by Gasteiger charge is -2.30. The molecule has 0 spiro atoms. The molecule has 1 aliphatic heterocycles. The first-order valence-electron chi connectivity index (χ1n) is 7.19. The van der Waals surface area contributed by atoms with Crippen LogP contribution in [0.4, 0.5) is 0 Å². The van der Waals surface area contributed by atoms with E-state index in [1.165, 1.54) is 16.3 Å². The van der Waals surface area contributed by atoms with Crippen molar-refractivity contribution in [3.8, 4) is 11.3 Å². The van der Waals surface area contributed by atoms with Gasteiger partial charge in [0.1, 0.15) is 5.01 Å². The van der Waals surface area contributed by atoms with Gasteiger partial charge in [0.25, 0.3) is 0 Å². The van der Waals surface area contributed by atoms with E-state index in [-0.39, 0.29) is 0 Å². The minimum atomic E-state index is 0.545. The van der Waals surface area contributed by atoms with Crippen molar-refractivity contribution in [3.05, 3.63) is 40.2 Å². The first-order chi connectivity index (χ1) is 10.2. The molecule has 21 heavy (non-hydrogen) atoms. The van der Waals surface area contributed by atoms with Crippen molar-refractivity contribution in [2.45, 2.75) is 36.1 Å². The van der Waals surface area contributed by atoms with Gasteiger partial charge in [0.2, 0.25) is 0 Å². The molecule has 5 heteroatoms. The van der Waals surface area contributed by atoms with Crippen LogP contribution in [0.25, 0.3) is 11.3 Å². The number of benzene rings is 1. The van der Waals surface area contributed by atoms with Crippen molar-refractivity contribution in [1.82, 2.24) is 4.98 Å². The number of hydrogen-bond acceptors (Lipinski definition) is 5. The fraction of sp³-hybridized carbons (Fsp3) is 0.438. The van der Waals surface area contributed by atoms with Crippen LogP contribution in [-0.4, -0.2) is 21.2 Å². The highest BCUT2D eigenvalue weighted by Crippen LogP contribution is 2.45. The Bertz CT molecular complexity index is 594. The summed E-state index contributed by atoms with van der Waals surface area (Å²) in [6, 6.07) is 8.41. The molecular formula is C16H20N2S3. The largest absolute Gasteiger partial charge is 0.326 e. The van der Waals surface area contributed by atoms with E-state index < -0.39 is 0 Å². The number of nitrogens with zero attached hydrogens (tertiary/aromatic N) is 1. The average molecular weight is 337 g/mol. The second-order valence-electron chi connectivity index (χ2n) is 5.34. The Morgan fingerprint density at radius 2 is 1.95 bits per heavy atom. The van der Waals surface area contributed by atoms with Crippen molar-refractivity contribution in [3.63, 3.8) is 0 Å². The van der Waals surface area contributed by atoms with E-state index in [0.29, 0.717) is 17.0 Å². The Labute approximate surface area is 138 Å². The standard InChI is InChI=1S/C16H20N2S3/c1-10-11(2)21-15(9-19-10)16-18-14(8-20-16)13-5-3-12(7-17)4-6-13/h3-6,8,10-11,15H,7,9,17H2,1-2H3. The van der Waals surface area contributed by atoms with E-state index in [4.69, 9.17) is 10.7 Å². The minimum Gasteiger partial charge on any atom is -0.326 e. The quantitative estimate of drug-likeness (QED) is 0.891. The summed E-state index contributed by atoms with van der Waals surface area (Å²) >= 11 is 5.94. The highest BCUT2D eigenvalue weighted by atomic mass is 32.2. The van der Waals surface area contributed by atoms with Crippen LogP contribution in [-0.2, 0) is 6.54 Å². The van der Waals surface area contributed by atoms with Crippen LogP contribution < -0.4 is 5.73 Å². The topological polar surface area (TPSA) is 38.9 Å². The predicted octanol–water partition coefficient (Wildman–Crippen LogP) is 4.57. The van der Waals surface area contributed by atoms with E-state index in [1.54, 1.807) is 11.3 Å². The fourth-order valence-electron chi connectivity index (χ4n) is 2.29. The van der Waals surface area contributed by atoms with Crippen molar-refractivity contribution < 1.29 is 0 Å². The maximum atomic E-state index is 5.65. The number of aromatic nitrogens is 1. The number of thioether (sulfide) groups is 2. The van der Waals surface area contributed by atoms with Gasteiger partial charge in [-0.2, -0.15) is 11.8 Å². The Kier molecular flexibility index (Phi) is 4.94. The molecule has 0 radical (unpaired) electrons. The molecule has 3 unspecified atom stereocenters. The van der Waals surface area contributed by atoms with Gasteiger partial charge < -0.3 is 5.73 Å². The molecule has 0 saturated carbocycles. The van der Waals surface area contributed by atoms with Gasteiger partial charge in [0.05, 0.1) is 10.9 Å². The van der Waals surface area contributed by atoms with E-state index in [9.17, 15) is 0 Å². The van der Waals surface area contributed by atoms with Crippen LogP contribution in [0.5, 0.6) is 0 Å². The average Bonchev–Trinajstić information content (AvgIpc) is 3.00. The van der Waals surface area contributed by atoms with E-state index in [2.05, 4.69) is 67.0 Å². The predicted molar refractivity (Wildman–Crippen MR) is 97.2 cm³/mol. The molecule has 3 rings (SSSR count). The zero-order chi connectivity index (χ0) is 14.8. The normalized spacial score (nSPS) is 26.0. The van der Waals surface area contributed by atoms with Crippen molar-refractivity contribution >= 4 is 34.9 Å². The van der Waals surface area contributed by atoms with Gasteiger partial charge in [0, 0.05) is 33.7 Å². The third-order valence-corrected chi connectivity index (χ3v) is 8.34. The van der Waals surface area contributed by atoms with Gasteiger partial charge in [-0.25, -0.2) is 4.98 Å². The SMILES string of the molecule is CC1SCC(c2nc(-c3ccc(CN)cc3)cs2)SC1C. The van der Waals surface area contributed by atoms with Gasteiger partial charge >= 0.3 is 0 Å². The zero-order valence-electron chi connectivity index (χ0n) is 12.3. The maximum Gasteiger partial charge on any atom is 0.107 e. The summed E-state index contributed by atoms with van der Waals surface area (Å²) in [6.45, 7) is 5.24. The Morgan fingerprint density at radius 1 is 1.19 bits per heavy atom. The first-order valence-corrected chi connectivity index (χ1v) is 10.1. The molecule has 1 aromatic heterocycles. The van der Waals surface area contributed by atoms with Gasteiger partial charge in [-0.1, -0.05) is 38.1 Å².